The van der Waals surface area contributed by atoms with Crippen molar-refractivity contribution < 1.29 is 30.0 Å². The number of aryl methyl sites for hydroxylation is 3. The molecule has 208 valence electrons. The molecule has 1 fully saturated rings. The molecular formula is C24H36N8O6. The summed E-state index contributed by atoms with van der Waals surface area (Å²) in [4.78, 5) is 18.0. The van der Waals surface area contributed by atoms with Crippen LogP contribution >= 0.6 is 0 Å². The molecule has 6 N–H and O–H groups in total. The third-order valence-electron chi connectivity index (χ3n) is 6.93. The topological polar surface area (TPSA) is 190 Å². The minimum atomic E-state index is -1.61. The fraction of sp³-hybridized carbons (Fsp3) is 0.625. The van der Waals surface area contributed by atoms with Gasteiger partial charge >= 0.3 is 0 Å². The summed E-state index contributed by atoms with van der Waals surface area (Å²) < 4.78 is 6.63. The fourth-order valence-corrected chi connectivity index (χ4v) is 4.54. The molecule has 1 amide bonds. The Balaban J connectivity index is 1.38. The van der Waals surface area contributed by atoms with E-state index in [9.17, 15) is 25.2 Å². The van der Waals surface area contributed by atoms with E-state index in [1.54, 1.807) is 7.05 Å². The van der Waals surface area contributed by atoms with E-state index in [0.29, 0.717) is 17.9 Å². The van der Waals surface area contributed by atoms with Gasteiger partial charge in [0.25, 0.3) is 0 Å². The number of carbonyl (C=O) groups excluding carboxylic acids is 1. The lowest BCUT2D eigenvalue weighted by atomic mass is 10.0. The Bertz CT molecular complexity index is 1150. The maximum Gasteiger partial charge on any atom is 0.246 e. The van der Waals surface area contributed by atoms with Gasteiger partial charge in [0.2, 0.25) is 11.7 Å². The van der Waals surface area contributed by atoms with Crippen LogP contribution in [0, 0.1) is 13.8 Å². The van der Waals surface area contributed by atoms with Gasteiger partial charge in [-0.2, -0.15) is 0 Å². The number of β-amino-alcohol motifs (C(OH)–C–C–N with tert-alkyl or cyclic N) is 1. The zero-order chi connectivity index (χ0) is 27.4. The van der Waals surface area contributed by atoms with Gasteiger partial charge in [-0.15, -0.1) is 5.10 Å². The minimum absolute atomic E-state index is 0.178. The number of benzene rings is 1. The van der Waals surface area contributed by atoms with Crippen molar-refractivity contribution in [1.82, 2.24) is 30.8 Å². The molecule has 14 heteroatoms. The second-order valence-electron chi connectivity index (χ2n) is 9.81. The van der Waals surface area contributed by atoms with Crippen LogP contribution < -0.4 is 15.5 Å². The smallest absolute Gasteiger partial charge is 0.246 e. The summed E-state index contributed by atoms with van der Waals surface area (Å²) in [5.74, 6) is -0.0819. The number of tetrazole rings is 1. The highest BCUT2D eigenvalue weighted by Crippen LogP contribution is 2.37. The molecule has 0 saturated carbocycles. The third-order valence-corrected chi connectivity index (χ3v) is 6.93. The van der Waals surface area contributed by atoms with E-state index >= 15 is 0 Å². The van der Waals surface area contributed by atoms with E-state index in [2.05, 4.69) is 31.2 Å². The summed E-state index contributed by atoms with van der Waals surface area (Å²) in [7, 11) is 1.62. The summed E-state index contributed by atoms with van der Waals surface area (Å²) in [6.07, 6.45) is -3.80. The summed E-state index contributed by atoms with van der Waals surface area (Å²) >= 11 is 0. The molecule has 14 nitrogen and oxygen atoms in total. The van der Waals surface area contributed by atoms with Gasteiger partial charge in [0, 0.05) is 26.2 Å². The van der Waals surface area contributed by atoms with Gasteiger partial charge in [-0.1, -0.05) is 0 Å². The van der Waals surface area contributed by atoms with Crippen LogP contribution in [0.25, 0.3) is 0 Å². The summed E-state index contributed by atoms with van der Waals surface area (Å²) in [5.41, 5.74) is 3.20. The Labute approximate surface area is 220 Å². The number of rotatable bonds is 11. The first-order chi connectivity index (χ1) is 18.2. The Morgan fingerprint density at radius 3 is 2.68 bits per heavy atom. The number of amides is 1. The Kier molecular flexibility index (Phi) is 9.02. The highest BCUT2D eigenvalue weighted by Gasteiger charge is 2.36. The number of carbonyl (C=O) groups is 1. The molecule has 1 saturated heterocycles. The molecule has 2 aliphatic rings. The van der Waals surface area contributed by atoms with Gasteiger partial charge in [0.1, 0.15) is 30.6 Å². The maximum atomic E-state index is 12.0. The number of aliphatic hydroxyl groups excluding tert-OH is 4. The number of hydrogen-bond donors (Lipinski definition) is 6. The summed E-state index contributed by atoms with van der Waals surface area (Å²) in [5, 5.41) is 60.4. The highest BCUT2D eigenvalue weighted by molar-refractivity contribution is 6.06. The lowest BCUT2D eigenvalue weighted by Crippen LogP contribution is -2.52. The van der Waals surface area contributed by atoms with Crippen molar-refractivity contribution in [1.29, 1.82) is 0 Å². The van der Waals surface area contributed by atoms with Crippen LogP contribution in [0.3, 0.4) is 0 Å². The minimum Gasteiger partial charge on any atom is -0.388 e. The number of fused-ring (bicyclic) bond motifs is 1. The number of ether oxygens (including phenoxy) is 1. The molecule has 1 aromatic carbocycles. The molecule has 2 aromatic rings. The molecule has 4 rings (SSSR count). The van der Waals surface area contributed by atoms with Crippen molar-refractivity contribution in [2.24, 2.45) is 12.0 Å². The average Bonchev–Trinajstić information content (AvgIpc) is 3.56. The number of aliphatic imine (C=N–C) groups is 1. The van der Waals surface area contributed by atoms with Crippen LogP contribution in [0.4, 0.5) is 11.4 Å². The molecular weight excluding hydrogens is 496 g/mol. The zero-order valence-electron chi connectivity index (χ0n) is 21.8. The zero-order valence-corrected chi connectivity index (χ0v) is 21.8. The van der Waals surface area contributed by atoms with E-state index in [1.165, 1.54) is 9.58 Å². The van der Waals surface area contributed by atoms with Gasteiger partial charge in [-0.05, 0) is 66.9 Å². The molecule has 0 aliphatic carbocycles. The van der Waals surface area contributed by atoms with Crippen molar-refractivity contribution in [2.75, 3.05) is 37.7 Å². The van der Waals surface area contributed by atoms with Gasteiger partial charge in [0.15, 0.2) is 6.23 Å². The highest BCUT2D eigenvalue weighted by atomic mass is 16.5. The number of nitrogens with zero attached hydrogens (tertiary/aromatic N) is 6. The monoisotopic (exact) mass is 532 g/mol. The van der Waals surface area contributed by atoms with Crippen molar-refractivity contribution in [3.05, 3.63) is 29.1 Å². The second-order valence-corrected chi connectivity index (χ2v) is 9.81. The van der Waals surface area contributed by atoms with Crippen molar-refractivity contribution in [3.8, 4) is 0 Å². The van der Waals surface area contributed by atoms with Crippen LogP contribution in [0.15, 0.2) is 17.1 Å². The Morgan fingerprint density at radius 2 is 2.00 bits per heavy atom. The molecule has 0 radical (unpaired) electrons. The van der Waals surface area contributed by atoms with Crippen LogP contribution in [0.1, 0.15) is 29.8 Å². The number of hydrogen-bond acceptors (Lipinski definition) is 12. The normalized spacial score (nSPS) is 21.6. The standard InChI is InChI=1S/C24H36N8O6/c1-13-7-16-17(8-14(13)2)32(24(37)21(27-16)23-28-29-30-31(23)3)10-18(33)22(36)19(34)11-38-12-20(35)26-9-15-5-4-6-25-15/h7-8,15,18-19,22,24-25,33-34,36-37H,4-6,9-12H2,1-3H3,(H,26,35)/t15-,18-,19+,22-,24?/m0/s1. The first kappa shape index (κ1) is 28.0. The SMILES string of the molecule is Cc1cc2c(cc1C)N(C[C@H](O)[C@H](O)[C@H](O)COCC(=O)NC[C@@H]1CCCN1)C(O)C(c1nnnn1C)=N2. The summed E-state index contributed by atoms with van der Waals surface area (Å²) in [6.45, 7) is 4.41. The Hall–Kier alpha value is -3.01. The van der Waals surface area contributed by atoms with E-state index < -0.39 is 24.5 Å². The molecule has 3 heterocycles. The quantitative estimate of drug-likeness (QED) is 0.189. The molecule has 0 spiro atoms. The van der Waals surface area contributed by atoms with Crippen LogP contribution in [0.5, 0.6) is 0 Å². The number of nitrogens with one attached hydrogen (secondary N) is 2. The van der Waals surface area contributed by atoms with E-state index in [0.717, 1.165) is 30.5 Å². The molecule has 2 aliphatic heterocycles. The second kappa shape index (κ2) is 12.2. The number of anilines is 1. The van der Waals surface area contributed by atoms with E-state index in [1.807, 2.05) is 26.0 Å². The number of aliphatic hydroxyl groups is 4. The average molecular weight is 533 g/mol. The molecule has 0 bridgehead atoms. The van der Waals surface area contributed by atoms with E-state index in [4.69, 9.17) is 4.74 Å². The van der Waals surface area contributed by atoms with Crippen LogP contribution in [0.2, 0.25) is 0 Å². The van der Waals surface area contributed by atoms with Crippen molar-refractivity contribution >= 4 is 23.0 Å². The fourth-order valence-electron chi connectivity index (χ4n) is 4.54. The predicted molar refractivity (Wildman–Crippen MR) is 137 cm³/mol. The van der Waals surface area contributed by atoms with Gasteiger partial charge in [-0.3, -0.25) is 4.79 Å². The number of aromatic nitrogens is 4. The van der Waals surface area contributed by atoms with Crippen LogP contribution in [-0.4, -0.2) is 116 Å². The first-order valence-corrected chi connectivity index (χ1v) is 12.6. The lowest BCUT2D eigenvalue weighted by molar-refractivity contribution is -0.129. The Morgan fingerprint density at radius 1 is 1.24 bits per heavy atom. The van der Waals surface area contributed by atoms with Gasteiger partial charge in [0.05, 0.1) is 18.0 Å². The summed E-state index contributed by atoms with van der Waals surface area (Å²) in [6, 6.07) is 3.94. The van der Waals surface area contributed by atoms with Gasteiger partial charge < -0.3 is 40.7 Å². The van der Waals surface area contributed by atoms with Crippen molar-refractivity contribution in [2.45, 2.75) is 57.3 Å². The molecule has 38 heavy (non-hydrogen) atoms. The third kappa shape index (κ3) is 6.34. The van der Waals surface area contributed by atoms with E-state index in [-0.39, 0.29) is 43.2 Å². The largest absolute Gasteiger partial charge is 0.388 e. The van der Waals surface area contributed by atoms with Gasteiger partial charge in [-0.25, -0.2) is 9.67 Å². The molecule has 1 unspecified atom stereocenters. The van der Waals surface area contributed by atoms with Crippen LogP contribution in [-0.2, 0) is 16.6 Å². The lowest BCUT2D eigenvalue weighted by Gasteiger charge is -2.37. The molecule has 5 atom stereocenters. The molecule has 1 aromatic heterocycles. The predicted octanol–water partition coefficient (Wildman–Crippen LogP) is -1.95. The first-order valence-electron chi connectivity index (χ1n) is 12.6. The maximum absolute atomic E-state index is 12.0. The van der Waals surface area contributed by atoms with Crippen molar-refractivity contribution in [3.63, 3.8) is 0 Å².